The third kappa shape index (κ3) is 2.48. The Morgan fingerprint density at radius 2 is 2.06 bits per heavy atom. The minimum atomic E-state index is -0.276. The zero-order valence-corrected chi connectivity index (χ0v) is 11.5. The lowest BCUT2D eigenvalue weighted by Gasteiger charge is -2.20. The highest BCUT2D eigenvalue weighted by Gasteiger charge is 2.18. The molecular formula is C13H16ClN3O. The second-order valence-electron chi connectivity index (χ2n) is 4.07. The van der Waals surface area contributed by atoms with Crippen molar-refractivity contribution in [2.45, 2.75) is 26.1 Å². The number of nitrogens with zero attached hydrogens (tertiary/aromatic N) is 3. The first-order valence-corrected chi connectivity index (χ1v) is 6.37. The van der Waals surface area contributed by atoms with Gasteiger partial charge in [-0.25, -0.2) is 0 Å². The zero-order chi connectivity index (χ0) is 13.1. The number of alkyl halides is 1. The summed E-state index contributed by atoms with van der Waals surface area (Å²) in [6, 6.07) is 8.57. The first-order chi connectivity index (χ1) is 8.63. The molecule has 0 N–H and O–H groups in total. The Morgan fingerprint density at radius 3 is 2.61 bits per heavy atom. The molecule has 0 saturated heterocycles. The molecule has 0 saturated carbocycles. The van der Waals surface area contributed by atoms with E-state index in [4.69, 9.17) is 16.0 Å². The fraction of sp³-hybridized carbons (Fsp3) is 0.385. The van der Waals surface area contributed by atoms with Crippen molar-refractivity contribution in [2.75, 3.05) is 11.4 Å². The van der Waals surface area contributed by atoms with E-state index in [0.29, 0.717) is 11.9 Å². The van der Waals surface area contributed by atoms with E-state index in [1.54, 1.807) is 0 Å². The van der Waals surface area contributed by atoms with Crippen LogP contribution in [0.2, 0.25) is 0 Å². The summed E-state index contributed by atoms with van der Waals surface area (Å²) < 4.78 is 5.58. The molecule has 1 unspecified atom stereocenters. The lowest BCUT2D eigenvalue weighted by atomic mass is 10.2. The fourth-order valence-electron chi connectivity index (χ4n) is 1.77. The Balaban J connectivity index is 2.36. The predicted octanol–water partition coefficient (Wildman–Crippen LogP) is 3.84. The lowest BCUT2D eigenvalue weighted by Crippen LogP contribution is -2.17. The second-order valence-corrected chi connectivity index (χ2v) is 4.72. The minimum absolute atomic E-state index is 0.276. The van der Waals surface area contributed by atoms with E-state index in [0.717, 1.165) is 17.8 Å². The molecule has 0 amide bonds. The maximum Gasteiger partial charge on any atom is 0.322 e. The van der Waals surface area contributed by atoms with Gasteiger partial charge >= 0.3 is 6.01 Å². The van der Waals surface area contributed by atoms with Crippen LogP contribution < -0.4 is 4.90 Å². The van der Waals surface area contributed by atoms with Gasteiger partial charge in [0.2, 0.25) is 5.89 Å². The Kier molecular flexibility index (Phi) is 3.87. The highest BCUT2D eigenvalue weighted by atomic mass is 35.5. The number of hydrogen-bond acceptors (Lipinski definition) is 4. The molecule has 2 rings (SSSR count). The zero-order valence-electron chi connectivity index (χ0n) is 10.7. The van der Waals surface area contributed by atoms with Crippen LogP contribution in [0, 0.1) is 6.92 Å². The summed E-state index contributed by atoms with van der Waals surface area (Å²) in [4.78, 5) is 1.98. The molecule has 0 aliphatic heterocycles. The summed E-state index contributed by atoms with van der Waals surface area (Å²) in [6.07, 6.45) is 0. The van der Waals surface area contributed by atoms with Crippen LogP contribution in [0.25, 0.3) is 0 Å². The van der Waals surface area contributed by atoms with Gasteiger partial charge in [0.05, 0.1) is 0 Å². The van der Waals surface area contributed by atoms with Crippen molar-refractivity contribution in [1.29, 1.82) is 0 Å². The van der Waals surface area contributed by atoms with Crippen molar-refractivity contribution < 1.29 is 4.42 Å². The summed E-state index contributed by atoms with van der Waals surface area (Å²) in [5.74, 6) is 0.443. The standard InChI is InChI=1S/C13H16ClN3O/c1-4-17(11-8-6-5-7-9(11)2)13-16-15-12(18-13)10(3)14/h5-8,10H,4H2,1-3H3. The molecule has 0 aliphatic carbocycles. The summed E-state index contributed by atoms with van der Waals surface area (Å²) >= 11 is 5.93. The van der Waals surface area contributed by atoms with E-state index in [-0.39, 0.29) is 5.38 Å². The first kappa shape index (κ1) is 12.9. The Hall–Kier alpha value is -1.55. The quantitative estimate of drug-likeness (QED) is 0.788. The van der Waals surface area contributed by atoms with Crippen LogP contribution in [-0.2, 0) is 0 Å². The SMILES string of the molecule is CCN(c1nnc(C(C)Cl)o1)c1ccccc1C. The molecule has 0 fully saturated rings. The van der Waals surface area contributed by atoms with Crippen molar-refractivity contribution in [2.24, 2.45) is 0 Å². The predicted molar refractivity (Wildman–Crippen MR) is 72.4 cm³/mol. The van der Waals surface area contributed by atoms with Gasteiger partial charge in [-0.1, -0.05) is 23.3 Å². The summed E-state index contributed by atoms with van der Waals surface area (Å²) in [5, 5.41) is 7.72. The Labute approximate surface area is 112 Å². The van der Waals surface area contributed by atoms with Gasteiger partial charge in [-0.3, -0.25) is 4.90 Å². The molecule has 5 heteroatoms. The summed E-state index contributed by atoms with van der Waals surface area (Å²) in [5.41, 5.74) is 2.23. The van der Waals surface area contributed by atoms with E-state index in [2.05, 4.69) is 23.2 Å². The second kappa shape index (κ2) is 5.40. The molecule has 0 bridgehead atoms. The van der Waals surface area contributed by atoms with Crippen LogP contribution in [0.5, 0.6) is 0 Å². The monoisotopic (exact) mass is 265 g/mol. The normalized spacial score (nSPS) is 12.4. The van der Waals surface area contributed by atoms with Gasteiger partial charge in [0.1, 0.15) is 5.38 Å². The average molecular weight is 266 g/mol. The van der Waals surface area contributed by atoms with E-state index in [1.807, 2.05) is 36.9 Å². The molecule has 2 aromatic rings. The Morgan fingerprint density at radius 1 is 1.33 bits per heavy atom. The van der Waals surface area contributed by atoms with Gasteiger partial charge in [0, 0.05) is 12.2 Å². The van der Waals surface area contributed by atoms with E-state index < -0.39 is 0 Å². The highest BCUT2D eigenvalue weighted by Crippen LogP contribution is 2.28. The maximum atomic E-state index is 5.93. The van der Waals surface area contributed by atoms with E-state index >= 15 is 0 Å². The van der Waals surface area contributed by atoms with Crippen molar-refractivity contribution in [3.63, 3.8) is 0 Å². The first-order valence-electron chi connectivity index (χ1n) is 5.94. The number of halogens is 1. The number of rotatable bonds is 4. The maximum absolute atomic E-state index is 5.93. The molecule has 1 atom stereocenters. The summed E-state index contributed by atoms with van der Waals surface area (Å²) in [7, 11) is 0. The van der Waals surface area contributed by atoms with Gasteiger partial charge in [-0.15, -0.1) is 16.7 Å². The van der Waals surface area contributed by atoms with Crippen molar-refractivity contribution in [3.05, 3.63) is 35.7 Å². The van der Waals surface area contributed by atoms with Crippen LogP contribution in [0.15, 0.2) is 28.7 Å². The van der Waals surface area contributed by atoms with Gasteiger partial charge in [-0.05, 0) is 32.4 Å². The van der Waals surface area contributed by atoms with Gasteiger partial charge in [0.15, 0.2) is 0 Å². The topological polar surface area (TPSA) is 42.2 Å². The van der Waals surface area contributed by atoms with Crippen LogP contribution in [0.1, 0.15) is 30.7 Å². The highest BCUT2D eigenvalue weighted by molar-refractivity contribution is 6.20. The largest absolute Gasteiger partial charge is 0.406 e. The number of anilines is 2. The molecule has 0 aliphatic rings. The summed E-state index contributed by atoms with van der Waals surface area (Å²) in [6.45, 7) is 6.66. The smallest absolute Gasteiger partial charge is 0.322 e. The average Bonchev–Trinajstić information content (AvgIpc) is 2.82. The molecule has 96 valence electrons. The molecule has 0 spiro atoms. The number of aromatic nitrogens is 2. The molecule has 18 heavy (non-hydrogen) atoms. The van der Waals surface area contributed by atoms with Gasteiger partial charge in [-0.2, -0.15) is 0 Å². The number of hydrogen-bond donors (Lipinski definition) is 0. The lowest BCUT2D eigenvalue weighted by molar-refractivity contribution is 0.495. The third-order valence-electron chi connectivity index (χ3n) is 2.72. The number of para-hydroxylation sites is 1. The van der Waals surface area contributed by atoms with Crippen LogP contribution in [0.3, 0.4) is 0 Å². The van der Waals surface area contributed by atoms with E-state index in [1.165, 1.54) is 0 Å². The number of benzene rings is 1. The molecule has 0 radical (unpaired) electrons. The third-order valence-corrected chi connectivity index (χ3v) is 2.91. The van der Waals surface area contributed by atoms with E-state index in [9.17, 15) is 0 Å². The van der Waals surface area contributed by atoms with Crippen LogP contribution in [0.4, 0.5) is 11.7 Å². The van der Waals surface area contributed by atoms with Gasteiger partial charge < -0.3 is 4.42 Å². The fourth-order valence-corrected chi connectivity index (χ4v) is 1.86. The Bertz CT molecular complexity index is 524. The van der Waals surface area contributed by atoms with Crippen molar-refractivity contribution >= 4 is 23.3 Å². The molecule has 4 nitrogen and oxygen atoms in total. The minimum Gasteiger partial charge on any atom is -0.406 e. The molecule has 1 heterocycles. The molecular weight excluding hydrogens is 250 g/mol. The van der Waals surface area contributed by atoms with Crippen molar-refractivity contribution in [1.82, 2.24) is 10.2 Å². The van der Waals surface area contributed by atoms with Crippen LogP contribution in [-0.4, -0.2) is 16.7 Å². The number of aryl methyl sites for hydroxylation is 1. The molecule has 1 aromatic heterocycles. The van der Waals surface area contributed by atoms with Crippen molar-refractivity contribution in [3.8, 4) is 0 Å². The van der Waals surface area contributed by atoms with Gasteiger partial charge in [0.25, 0.3) is 0 Å². The molecule has 1 aromatic carbocycles. The van der Waals surface area contributed by atoms with Crippen LogP contribution >= 0.6 is 11.6 Å².